The van der Waals surface area contributed by atoms with Crippen LogP contribution in [-0.4, -0.2) is 41.8 Å². The normalized spacial score (nSPS) is 22.0. The van der Waals surface area contributed by atoms with E-state index in [-0.39, 0.29) is 15.7 Å². The van der Waals surface area contributed by atoms with Crippen molar-refractivity contribution in [1.29, 1.82) is 0 Å². The van der Waals surface area contributed by atoms with Crippen molar-refractivity contribution in [2.75, 3.05) is 24.6 Å². The first-order valence-corrected chi connectivity index (χ1v) is 8.30. The summed E-state index contributed by atoms with van der Waals surface area (Å²) >= 11 is 7.58. The monoisotopic (exact) mass is 307 g/mol. The van der Waals surface area contributed by atoms with E-state index in [4.69, 9.17) is 17.3 Å². The number of nitrogens with zero attached hydrogens (tertiary/aromatic N) is 2. The van der Waals surface area contributed by atoms with E-state index in [2.05, 4.69) is 4.98 Å². The number of hydrogen-bond donors (Lipinski definition) is 1. The highest BCUT2D eigenvalue weighted by Gasteiger charge is 2.29. The minimum Gasteiger partial charge on any atom is -0.382 e. The molecule has 100 valence electrons. The summed E-state index contributed by atoms with van der Waals surface area (Å²) in [6.45, 7) is 3.04. The Morgan fingerprint density at radius 3 is 2.94 bits per heavy atom. The highest BCUT2D eigenvalue weighted by atomic mass is 35.5. The summed E-state index contributed by atoms with van der Waals surface area (Å²) in [6.07, 6.45) is 1.25. The number of nitrogen functional groups attached to an aromatic ring is 1. The van der Waals surface area contributed by atoms with Crippen LogP contribution in [-0.2, 0) is 10.0 Å². The lowest BCUT2D eigenvalue weighted by molar-refractivity contribution is 0.424. The van der Waals surface area contributed by atoms with Gasteiger partial charge in [0.1, 0.15) is 10.7 Å². The Hall–Kier alpha value is -0.500. The Morgan fingerprint density at radius 1 is 1.61 bits per heavy atom. The van der Waals surface area contributed by atoms with Gasteiger partial charge in [0.2, 0.25) is 10.0 Å². The summed E-state index contributed by atoms with van der Waals surface area (Å²) in [5.74, 6) is 0.939. The number of pyridine rings is 1. The van der Waals surface area contributed by atoms with Gasteiger partial charge in [0.05, 0.1) is 5.02 Å². The zero-order valence-corrected chi connectivity index (χ0v) is 12.2. The van der Waals surface area contributed by atoms with E-state index in [1.165, 1.54) is 16.6 Å². The van der Waals surface area contributed by atoms with E-state index in [0.29, 0.717) is 18.3 Å². The Labute approximate surface area is 116 Å². The second kappa shape index (κ2) is 5.24. The topological polar surface area (TPSA) is 76.3 Å². The van der Waals surface area contributed by atoms with Crippen LogP contribution in [0.3, 0.4) is 0 Å². The van der Waals surface area contributed by atoms with E-state index in [0.717, 1.165) is 5.75 Å². The molecule has 5 nitrogen and oxygen atoms in total. The van der Waals surface area contributed by atoms with Crippen molar-refractivity contribution in [3.8, 4) is 0 Å². The average Bonchev–Trinajstić information content (AvgIpc) is 2.32. The molecule has 1 aliphatic rings. The molecule has 0 bridgehead atoms. The second-order valence-corrected chi connectivity index (χ2v) is 7.97. The van der Waals surface area contributed by atoms with Crippen LogP contribution in [0.15, 0.2) is 17.2 Å². The van der Waals surface area contributed by atoms with Gasteiger partial charge in [0, 0.05) is 30.3 Å². The molecule has 2 rings (SSSR count). The summed E-state index contributed by atoms with van der Waals surface area (Å²) in [4.78, 5) is 3.89. The number of aromatic nitrogens is 1. The Morgan fingerprint density at radius 2 is 2.33 bits per heavy atom. The van der Waals surface area contributed by atoms with Crippen LogP contribution in [0.4, 0.5) is 5.82 Å². The van der Waals surface area contributed by atoms with E-state index in [1.807, 2.05) is 6.92 Å². The Kier molecular flexibility index (Phi) is 4.05. The molecule has 1 atom stereocenters. The molecule has 0 radical (unpaired) electrons. The average molecular weight is 308 g/mol. The molecule has 1 saturated heterocycles. The predicted octanol–water partition coefficient (Wildman–Crippen LogP) is 1.44. The molecule has 0 saturated carbocycles. The maximum absolute atomic E-state index is 12.4. The van der Waals surface area contributed by atoms with Gasteiger partial charge in [-0.1, -0.05) is 18.5 Å². The fraction of sp³-hybridized carbons (Fsp3) is 0.500. The number of sulfonamides is 1. The van der Waals surface area contributed by atoms with Crippen molar-refractivity contribution in [2.45, 2.75) is 17.1 Å². The van der Waals surface area contributed by atoms with Crippen molar-refractivity contribution >= 4 is 39.2 Å². The molecule has 1 fully saturated rings. The number of rotatable bonds is 2. The third kappa shape index (κ3) is 2.74. The summed E-state index contributed by atoms with van der Waals surface area (Å²) < 4.78 is 26.2. The third-order valence-corrected chi connectivity index (χ3v) is 5.96. The van der Waals surface area contributed by atoms with Gasteiger partial charge in [-0.05, 0) is 6.07 Å². The number of halogens is 1. The van der Waals surface area contributed by atoms with Gasteiger partial charge in [-0.25, -0.2) is 13.4 Å². The van der Waals surface area contributed by atoms with Crippen molar-refractivity contribution in [3.05, 3.63) is 17.3 Å². The molecule has 1 aliphatic heterocycles. The SMILES string of the molecule is CC1CN(S(=O)(=O)c2cnc(N)c(Cl)c2)CCS1. The van der Waals surface area contributed by atoms with E-state index in [1.54, 1.807) is 11.8 Å². The summed E-state index contributed by atoms with van der Waals surface area (Å²) in [5, 5.41) is 0.459. The minimum absolute atomic E-state index is 0.0980. The molecule has 0 amide bonds. The molecule has 0 aromatic carbocycles. The summed E-state index contributed by atoms with van der Waals surface area (Å²) in [7, 11) is -3.52. The van der Waals surface area contributed by atoms with Crippen LogP contribution in [0.2, 0.25) is 5.02 Å². The second-order valence-electron chi connectivity index (χ2n) is 4.08. The van der Waals surface area contributed by atoms with Gasteiger partial charge < -0.3 is 5.73 Å². The molecule has 0 aliphatic carbocycles. The maximum atomic E-state index is 12.4. The molecule has 2 N–H and O–H groups in total. The van der Waals surface area contributed by atoms with Crippen molar-refractivity contribution < 1.29 is 8.42 Å². The molecule has 8 heteroatoms. The molecular weight excluding hydrogens is 294 g/mol. The van der Waals surface area contributed by atoms with Gasteiger partial charge in [-0.2, -0.15) is 16.1 Å². The van der Waals surface area contributed by atoms with E-state index >= 15 is 0 Å². The van der Waals surface area contributed by atoms with Gasteiger partial charge >= 0.3 is 0 Å². The minimum atomic E-state index is -3.52. The van der Waals surface area contributed by atoms with Crippen LogP contribution in [0.25, 0.3) is 0 Å². The Balaban J connectivity index is 2.32. The summed E-state index contributed by atoms with van der Waals surface area (Å²) in [5.41, 5.74) is 5.48. The van der Waals surface area contributed by atoms with Gasteiger partial charge in [0.15, 0.2) is 0 Å². The lowest BCUT2D eigenvalue weighted by Gasteiger charge is -2.29. The lowest BCUT2D eigenvalue weighted by atomic mass is 10.4. The number of anilines is 1. The number of thioether (sulfide) groups is 1. The highest BCUT2D eigenvalue weighted by Crippen LogP contribution is 2.26. The fourth-order valence-corrected chi connectivity index (χ4v) is 4.68. The molecule has 18 heavy (non-hydrogen) atoms. The standard InChI is InChI=1S/C10H14ClN3O2S2/c1-7-6-14(2-3-17-7)18(15,16)8-4-9(11)10(12)13-5-8/h4-5,7H,2-3,6H2,1H3,(H2,12,13). The fourth-order valence-electron chi connectivity index (χ4n) is 1.73. The quantitative estimate of drug-likeness (QED) is 0.895. The molecule has 0 spiro atoms. The van der Waals surface area contributed by atoms with Crippen molar-refractivity contribution in [3.63, 3.8) is 0 Å². The van der Waals surface area contributed by atoms with Crippen LogP contribution < -0.4 is 5.73 Å². The van der Waals surface area contributed by atoms with Crippen molar-refractivity contribution in [1.82, 2.24) is 9.29 Å². The van der Waals surface area contributed by atoms with Crippen LogP contribution in [0.5, 0.6) is 0 Å². The number of nitrogens with two attached hydrogens (primary N) is 1. The summed E-state index contributed by atoms with van der Waals surface area (Å²) in [6, 6.07) is 1.35. The molecule has 1 unspecified atom stereocenters. The van der Waals surface area contributed by atoms with Crippen LogP contribution >= 0.6 is 23.4 Å². The first kappa shape index (κ1) is 13.9. The van der Waals surface area contributed by atoms with Crippen molar-refractivity contribution in [2.24, 2.45) is 0 Å². The Bertz CT molecular complexity index is 550. The van der Waals surface area contributed by atoms with E-state index in [9.17, 15) is 8.42 Å². The molecular formula is C10H14ClN3O2S2. The molecule has 1 aromatic rings. The predicted molar refractivity (Wildman–Crippen MR) is 74.3 cm³/mol. The van der Waals surface area contributed by atoms with Gasteiger partial charge in [0.25, 0.3) is 0 Å². The largest absolute Gasteiger partial charge is 0.382 e. The first-order valence-electron chi connectivity index (χ1n) is 5.44. The smallest absolute Gasteiger partial charge is 0.244 e. The van der Waals surface area contributed by atoms with Crippen LogP contribution in [0.1, 0.15) is 6.92 Å². The maximum Gasteiger partial charge on any atom is 0.244 e. The molecule has 2 heterocycles. The lowest BCUT2D eigenvalue weighted by Crippen LogP contribution is -2.40. The zero-order chi connectivity index (χ0) is 13.3. The number of hydrogen-bond acceptors (Lipinski definition) is 5. The van der Waals surface area contributed by atoms with Gasteiger partial charge in [-0.3, -0.25) is 0 Å². The first-order chi connectivity index (χ1) is 8.41. The highest BCUT2D eigenvalue weighted by molar-refractivity contribution is 8.00. The van der Waals surface area contributed by atoms with E-state index < -0.39 is 10.0 Å². The zero-order valence-electron chi connectivity index (χ0n) is 9.84. The molecule has 1 aromatic heterocycles. The van der Waals surface area contributed by atoms with Crippen LogP contribution in [0, 0.1) is 0 Å². The third-order valence-electron chi connectivity index (χ3n) is 2.69. The van der Waals surface area contributed by atoms with Gasteiger partial charge in [-0.15, -0.1) is 0 Å².